The minimum absolute atomic E-state index is 0.0804. The van der Waals surface area contributed by atoms with Crippen LogP contribution in [-0.4, -0.2) is 48.8 Å². The van der Waals surface area contributed by atoms with Crippen molar-refractivity contribution in [3.8, 4) is 0 Å². The fourth-order valence-corrected chi connectivity index (χ4v) is 4.96. The van der Waals surface area contributed by atoms with Gasteiger partial charge in [-0.3, -0.25) is 0 Å². The van der Waals surface area contributed by atoms with E-state index in [9.17, 15) is 9.90 Å². The molecule has 1 aromatic heterocycles. The summed E-state index contributed by atoms with van der Waals surface area (Å²) in [7, 11) is 0. The van der Waals surface area contributed by atoms with Crippen LogP contribution in [0.25, 0.3) is 0 Å². The van der Waals surface area contributed by atoms with Gasteiger partial charge in [0.2, 0.25) is 0 Å². The lowest BCUT2D eigenvalue weighted by atomic mass is 9.92. The van der Waals surface area contributed by atoms with E-state index in [1.165, 1.54) is 24.1 Å². The number of carbonyl (C=O) groups excluding carboxylic acids is 1. The molecule has 0 radical (unpaired) electrons. The topological polar surface area (TPSA) is 55.8 Å². The van der Waals surface area contributed by atoms with E-state index in [1.54, 1.807) is 11.3 Å². The van der Waals surface area contributed by atoms with Crippen LogP contribution in [0, 0.1) is 12.8 Å². The molecule has 3 heterocycles. The standard InChI is InChI=1S/C21H27N3O2S/c1-15-10-18(23-7-2-3-8-23)4-5-20(15)22-21(26)24-11-17(13-25)19(12-24)16-6-9-27-14-16/h4-6,9-10,14,17,19,25H,2-3,7-8,11-13H2,1H3,(H,22,26)/t17-,19-/m0/s1. The number of aliphatic hydroxyl groups excluding tert-OH is 1. The van der Waals surface area contributed by atoms with Gasteiger partial charge in [-0.15, -0.1) is 0 Å². The van der Waals surface area contributed by atoms with Crippen molar-refractivity contribution in [3.05, 3.63) is 46.2 Å². The van der Waals surface area contributed by atoms with Gasteiger partial charge in [0.25, 0.3) is 0 Å². The summed E-state index contributed by atoms with van der Waals surface area (Å²) in [6.45, 7) is 5.63. The van der Waals surface area contributed by atoms with Crippen LogP contribution < -0.4 is 10.2 Å². The molecule has 2 amide bonds. The zero-order valence-corrected chi connectivity index (χ0v) is 16.5. The minimum atomic E-state index is -0.0804. The van der Waals surface area contributed by atoms with Crippen molar-refractivity contribution in [1.82, 2.24) is 4.90 Å². The largest absolute Gasteiger partial charge is 0.396 e. The third-order valence-corrected chi connectivity index (χ3v) is 6.56. The van der Waals surface area contributed by atoms with Crippen LogP contribution in [-0.2, 0) is 0 Å². The number of nitrogens with zero attached hydrogens (tertiary/aromatic N) is 2. The number of thiophene rings is 1. The molecular formula is C21H27N3O2S. The van der Waals surface area contributed by atoms with Crippen LogP contribution in [0.5, 0.6) is 0 Å². The first-order valence-corrected chi connectivity index (χ1v) is 10.6. The zero-order chi connectivity index (χ0) is 18.8. The van der Waals surface area contributed by atoms with Crippen LogP contribution in [0.3, 0.4) is 0 Å². The first-order chi connectivity index (χ1) is 13.2. The molecule has 0 aliphatic carbocycles. The third kappa shape index (κ3) is 3.82. The van der Waals surface area contributed by atoms with Crippen LogP contribution in [0.1, 0.15) is 29.9 Å². The molecule has 1 aromatic carbocycles. The lowest BCUT2D eigenvalue weighted by Gasteiger charge is -2.21. The number of benzene rings is 1. The van der Waals surface area contributed by atoms with Crippen molar-refractivity contribution < 1.29 is 9.90 Å². The molecule has 6 heteroatoms. The highest BCUT2D eigenvalue weighted by molar-refractivity contribution is 7.08. The van der Waals surface area contributed by atoms with Crippen LogP contribution >= 0.6 is 11.3 Å². The van der Waals surface area contributed by atoms with Gasteiger partial charge in [-0.05, 0) is 65.9 Å². The maximum absolute atomic E-state index is 12.8. The van der Waals surface area contributed by atoms with E-state index >= 15 is 0 Å². The number of carbonyl (C=O) groups is 1. The summed E-state index contributed by atoms with van der Waals surface area (Å²) in [5.74, 6) is 0.314. The fourth-order valence-electron chi connectivity index (χ4n) is 4.24. The second-order valence-electron chi connectivity index (χ2n) is 7.63. The molecule has 2 aromatic rings. The Morgan fingerprint density at radius 3 is 2.74 bits per heavy atom. The van der Waals surface area contributed by atoms with E-state index in [-0.39, 0.29) is 24.5 Å². The number of aliphatic hydroxyl groups is 1. The minimum Gasteiger partial charge on any atom is -0.396 e. The molecule has 0 unspecified atom stereocenters. The molecule has 2 N–H and O–H groups in total. The monoisotopic (exact) mass is 385 g/mol. The first kappa shape index (κ1) is 18.3. The number of urea groups is 1. The third-order valence-electron chi connectivity index (χ3n) is 5.86. The SMILES string of the molecule is Cc1cc(N2CCCC2)ccc1NC(=O)N1C[C@@H](CO)[C@H](c2ccsc2)C1. The Morgan fingerprint density at radius 2 is 2.07 bits per heavy atom. The predicted molar refractivity (Wildman–Crippen MR) is 111 cm³/mol. The second kappa shape index (κ2) is 7.90. The predicted octanol–water partition coefficient (Wildman–Crippen LogP) is 3.90. The number of nitrogens with one attached hydrogen (secondary N) is 1. The van der Waals surface area contributed by atoms with Gasteiger partial charge in [0, 0.05) is 56.0 Å². The van der Waals surface area contributed by atoms with Gasteiger partial charge in [-0.1, -0.05) is 0 Å². The summed E-state index contributed by atoms with van der Waals surface area (Å²) in [6.07, 6.45) is 2.51. The lowest BCUT2D eigenvalue weighted by Crippen LogP contribution is -2.33. The Balaban J connectivity index is 1.43. The van der Waals surface area contributed by atoms with Crippen molar-refractivity contribution >= 4 is 28.7 Å². The Bertz CT molecular complexity index is 787. The van der Waals surface area contributed by atoms with Crippen molar-refractivity contribution in [3.63, 3.8) is 0 Å². The summed E-state index contributed by atoms with van der Waals surface area (Å²) in [4.78, 5) is 17.0. The summed E-state index contributed by atoms with van der Waals surface area (Å²) in [5.41, 5.74) is 4.41. The van der Waals surface area contributed by atoms with Crippen molar-refractivity contribution in [2.45, 2.75) is 25.7 Å². The number of aryl methyl sites for hydroxylation is 1. The Hall–Kier alpha value is -2.05. The van der Waals surface area contributed by atoms with Crippen molar-refractivity contribution in [2.75, 3.05) is 43.0 Å². The summed E-state index contributed by atoms with van der Waals surface area (Å²) in [5, 5.41) is 17.0. The Morgan fingerprint density at radius 1 is 1.26 bits per heavy atom. The molecule has 0 bridgehead atoms. The highest BCUT2D eigenvalue weighted by Crippen LogP contribution is 2.34. The molecule has 0 spiro atoms. The highest BCUT2D eigenvalue weighted by atomic mass is 32.1. The summed E-state index contributed by atoms with van der Waals surface area (Å²) in [6, 6.07) is 8.29. The number of amides is 2. The number of anilines is 2. The maximum atomic E-state index is 12.8. The number of rotatable bonds is 4. The van der Waals surface area contributed by atoms with E-state index in [0.29, 0.717) is 13.1 Å². The van der Waals surface area contributed by atoms with Gasteiger partial charge < -0.3 is 20.2 Å². The quantitative estimate of drug-likeness (QED) is 0.839. The maximum Gasteiger partial charge on any atom is 0.321 e. The van der Waals surface area contributed by atoms with Crippen LogP contribution in [0.4, 0.5) is 16.2 Å². The van der Waals surface area contributed by atoms with Gasteiger partial charge in [0.15, 0.2) is 0 Å². The van der Waals surface area contributed by atoms with E-state index in [1.807, 2.05) is 17.9 Å². The molecule has 2 aliphatic heterocycles. The van der Waals surface area contributed by atoms with Gasteiger partial charge in [-0.25, -0.2) is 4.79 Å². The van der Waals surface area contributed by atoms with E-state index in [0.717, 1.165) is 24.3 Å². The molecule has 4 rings (SSSR count). The zero-order valence-electron chi connectivity index (χ0n) is 15.7. The fraction of sp³-hybridized carbons (Fsp3) is 0.476. The molecule has 144 valence electrons. The van der Waals surface area contributed by atoms with Crippen LogP contribution in [0.2, 0.25) is 0 Å². The molecule has 2 saturated heterocycles. The molecule has 2 aliphatic rings. The first-order valence-electron chi connectivity index (χ1n) is 9.70. The molecule has 0 saturated carbocycles. The molecule has 5 nitrogen and oxygen atoms in total. The Labute approximate surface area is 164 Å². The van der Waals surface area contributed by atoms with E-state index < -0.39 is 0 Å². The Kier molecular flexibility index (Phi) is 5.36. The summed E-state index contributed by atoms with van der Waals surface area (Å²) >= 11 is 1.66. The number of likely N-dealkylation sites (tertiary alicyclic amines) is 1. The second-order valence-corrected chi connectivity index (χ2v) is 8.41. The van der Waals surface area contributed by atoms with Crippen molar-refractivity contribution in [1.29, 1.82) is 0 Å². The molecular weight excluding hydrogens is 358 g/mol. The van der Waals surface area contributed by atoms with Gasteiger partial charge >= 0.3 is 6.03 Å². The van der Waals surface area contributed by atoms with Crippen molar-refractivity contribution in [2.24, 2.45) is 5.92 Å². The summed E-state index contributed by atoms with van der Waals surface area (Å²) < 4.78 is 0. The van der Waals surface area contributed by atoms with E-state index in [2.05, 4.69) is 39.2 Å². The highest BCUT2D eigenvalue weighted by Gasteiger charge is 2.36. The van der Waals surface area contributed by atoms with Gasteiger partial charge in [0.1, 0.15) is 0 Å². The molecule has 2 fully saturated rings. The average molecular weight is 386 g/mol. The van der Waals surface area contributed by atoms with E-state index in [4.69, 9.17) is 0 Å². The number of hydrogen-bond acceptors (Lipinski definition) is 4. The molecule has 27 heavy (non-hydrogen) atoms. The van der Waals surface area contributed by atoms with Gasteiger partial charge in [-0.2, -0.15) is 11.3 Å². The number of hydrogen-bond donors (Lipinski definition) is 2. The average Bonchev–Trinajstić information content (AvgIpc) is 3.42. The lowest BCUT2D eigenvalue weighted by molar-refractivity contribution is 0.207. The smallest absolute Gasteiger partial charge is 0.321 e. The van der Waals surface area contributed by atoms with Gasteiger partial charge in [0.05, 0.1) is 0 Å². The molecule has 2 atom stereocenters. The normalized spacial score (nSPS) is 22.4. The van der Waals surface area contributed by atoms with Crippen LogP contribution in [0.15, 0.2) is 35.0 Å².